The molecule has 0 saturated carbocycles. The fourth-order valence-corrected chi connectivity index (χ4v) is 7.22. The maximum Gasteiger partial charge on any atom is 0.250 e. The van der Waals surface area contributed by atoms with E-state index in [0.717, 1.165) is 0 Å². The summed E-state index contributed by atoms with van der Waals surface area (Å²) in [5.74, 6) is -1.93. The quantitative estimate of drug-likeness (QED) is 0.336. The molecule has 2 aromatic carbocycles. The van der Waals surface area contributed by atoms with Gasteiger partial charge >= 0.3 is 0 Å². The van der Waals surface area contributed by atoms with Crippen LogP contribution in [0.25, 0.3) is 0 Å². The van der Waals surface area contributed by atoms with Gasteiger partial charge in [0.2, 0.25) is 17.7 Å². The highest BCUT2D eigenvalue weighted by Gasteiger charge is 2.79. The molecule has 3 aliphatic heterocycles. The monoisotopic (exact) mass is 583 g/mol. The van der Waals surface area contributed by atoms with Gasteiger partial charge in [-0.25, -0.2) is 0 Å². The van der Waals surface area contributed by atoms with Gasteiger partial charge in [-0.15, -0.1) is 0 Å². The van der Waals surface area contributed by atoms with E-state index < -0.39 is 29.1 Å². The highest BCUT2D eigenvalue weighted by molar-refractivity contribution is 6.33. The van der Waals surface area contributed by atoms with Gasteiger partial charge in [0, 0.05) is 18.8 Å². The lowest BCUT2D eigenvalue weighted by Crippen LogP contribution is -2.54. The smallest absolute Gasteiger partial charge is 0.250 e. The number of carbonyl (C=O) groups excluding carboxylic acids is 3. The van der Waals surface area contributed by atoms with Crippen LogP contribution in [-0.2, 0) is 19.1 Å². The van der Waals surface area contributed by atoms with Gasteiger partial charge in [0.25, 0.3) is 0 Å². The fourth-order valence-electron chi connectivity index (χ4n) is 7.04. The summed E-state index contributed by atoms with van der Waals surface area (Å²) in [6.07, 6.45) is 2.39. The molecule has 3 amide bonds. The van der Waals surface area contributed by atoms with Crippen LogP contribution < -0.4 is 15.4 Å². The zero-order valence-electron chi connectivity index (χ0n) is 23.7. The third-order valence-electron chi connectivity index (χ3n) is 8.97. The zero-order valence-corrected chi connectivity index (χ0v) is 24.4. The van der Waals surface area contributed by atoms with Crippen LogP contribution in [0.3, 0.4) is 0 Å². The van der Waals surface area contributed by atoms with Crippen molar-refractivity contribution in [3.63, 3.8) is 0 Å². The van der Waals surface area contributed by atoms with Gasteiger partial charge in [0.1, 0.15) is 17.4 Å². The molecule has 2 bridgehead atoms. The molecule has 10 heteroatoms. The minimum absolute atomic E-state index is 0.0592. The summed E-state index contributed by atoms with van der Waals surface area (Å²) in [6.45, 7) is 6.71. The third kappa shape index (κ3) is 5.08. The maximum absolute atomic E-state index is 14.2. The Kier molecular flexibility index (Phi) is 8.32. The zero-order chi connectivity index (χ0) is 29.4. The second-order valence-electron chi connectivity index (χ2n) is 11.4. The maximum atomic E-state index is 14.2. The number of halogens is 1. The van der Waals surface area contributed by atoms with Crippen molar-refractivity contribution in [1.82, 2.24) is 4.90 Å². The Morgan fingerprint density at radius 3 is 2.51 bits per heavy atom. The Bertz CT molecular complexity index is 1310. The van der Waals surface area contributed by atoms with Crippen molar-refractivity contribution in [2.24, 2.45) is 17.8 Å². The van der Waals surface area contributed by atoms with Crippen LogP contribution >= 0.6 is 11.6 Å². The first kappa shape index (κ1) is 29.4. The second kappa shape index (κ2) is 11.6. The van der Waals surface area contributed by atoms with Gasteiger partial charge < -0.3 is 30.1 Å². The topological polar surface area (TPSA) is 117 Å². The lowest BCUT2D eigenvalue weighted by molar-refractivity contribution is -0.144. The predicted octanol–water partition coefficient (Wildman–Crippen LogP) is 4.49. The minimum Gasteiger partial charge on any atom is -0.494 e. The van der Waals surface area contributed by atoms with E-state index in [9.17, 15) is 19.5 Å². The molecule has 1 spiro atoms. The summed E-state index contributed by atoms with van der Waals surface area (Å²) in [5.41, 5.74) is -1.05. The molecule has 3 fully saturated rings. The number of nitrogens with one attached hydrogen (secondary N) is 2. The highest BCUT2D eigenvalue weighted by atomic mass is 35.5. The standard InChI is InChI=1S/C31H38ClN3O6/c1-4-40-21-14-12-20(13-15-21)33-27(37)24-25-29(39)35(16-8-5-9-17-36)26(31(25)18-19(2)30(24,3)41-31)28(38)34-23-11-7-6-10-22(23)32/h6-7,10-15,19,24-26,36H,4-5,8-9,16-18H2,1-3H3,(H,33,37)(H,34,38)/t19?,24-,25+,26?,30+,31?/m1/s1. The molecule has 9 nitrogen and oxygen atoms in total. The number of benzene rings is 2. The number of carbonyl (C=O) groups is 3. The molecular weight excluding hydrogens is 546 g/mol. The summed E-state index contributed by atoms with van der Waals surface area (Å²) in [4.78, 5) is 43.7. The summed E-state index contributed by atoms with van der Waals surface area (Å²) in [5, 5.41) is 15.5. The Morgan fingerprint density at radius 1 is 1.10 bits per heavy atom. The van der Waals surface area contributed by atoms with Crippen molar-refractivity contribution in [2.75, 3.05) is 30.4 Å². The molecule has 220 valence electrons. The van der Waals surface area contributed by atoms with Crippen LogP contribution in [0.5, 0.6) is 5.75 Å². The number of unbranched alkanes of at least 4 members (excludes halogenated alkanes) is 2. The van der Waals surface area contributed by atoms with Gasteiger partial charge in [-0.3, -0.25) is 14.4 Å². The molecule has 0 aromatic heterocycles. The first-order valence-corrected chi connectivity index (χ1v) is 14.7. The molecule has 5 rings (SSSR count). The third-order valence-corrected chi connectivity index (χ3v) is 9.30. The number of hydrogen-bond donors (Lipinski definition) is 3. The highest BCUT2D eigenvalue weighted by Crippen LogP contribution is 2.65. The fraction of sp³-hybridized carbons (Fsp3) is 0.516. The second-order valence-corrected chi connectivity index (χ2v) is 11.8. The molecule has 0 aliphatic carbocycles. The molecule has 3 heterocycles. The Hall–Kier alpha value is -3.14. The number of para-hydroxylation sites is 1. The van der Waals surface area contributed by atoms with Crippen molar-refractivity contribution < 1.29 is 29.0 Å². The molecule has 2 aromatic rings. The van der Waals surface area contributed by atoms with Crippen molar-refractivity contribution in [1.29, 1.82) is 0 Å². The number of ether oxygens (including phenoxy) is 2. The summed E-state index contributed by atoms with van der Waals surface area (Å²) in [6, 6.07) is 13.1. The summed E-state index contributed by atoms with van der Waals surface area (Å²) < 4.78 is 12.3. The Morgan fingerprint density at radius 2 is 1.83 bits per heavy atom. The molecule has 6 atom stereocenters. The number of anilines is 2. The van der Waals surface area contributed by atoms with E-state index in [4.69, 9.17) is 21.1 Å². The molecule has 3 aliphatic rings. The molecule has 41 heavy (non-hydrogen) atoms. The molecule has 3 N–H and O–H groups in total. The average Bonchev–Trinajstić information content (AvgIpc) is 3.45. The van der Waals surface area contributed by atoms with Crippen LogP contribution in [-0.4, -0.2) is 64.7 Å². The summed E-state index contributed by atoms with van der Waals surface area (Å²) >= 11 is 6.35. The van der Waals surface area contributed by atoms with Crippen LogP contribution in [0.4, 0.5) is 11.4 Å². The number of hydrogen-bond acceptors (Lipinski definition) is 6. The number of rotatable bonds is 11. The number of aliphatic hydroxyl groups is 1. The number of aliphatic hydroxyl groups excluding tert-OH is 1. The van der Waals surface area contributed by atoms with Crippen molar-refractivity contribution in [2.45, 2.75) is 63.7 Å². The number of likely N-dealkylation sites (tertiary alicyclic amines) is 1. The van der Waals surface area contributed by atoms with E-state index in [1.54, 1.807) is 53.4 Å². The van der Waals surface area contributed by atoms with Crippen molar-refractivity contribution >= 4 is 40.7 Å². The largest absolute Gasteiger partial charge is 0.494 e. The first-order chi connectivity index (χ1) is 19.7. The summed E-state index contributed by atoms with van der Waals surface area (Å²) in [7, 11) is 0. The Balaban J connectivity index is 1.47. The molecular formula is C31H38ClN3O6. The predicted molar refractivity (Wildman–Crippen MR) is 156 cm³/mol. The lowest BCUT2D eigenvalue weighted by Gasteiger charge is -2.36. The van der Waals surface area contributed by atoms with E-state index in [1.807, 2.05) is 20.8 Å². The van der Waals surface area contributed by atoms with E-state index >= 15 is 0 Å². The SMILES string of the molecule is CCOc1ccc(NC(=O)[C@H]2[C@H]3C(=O)N(CCCCCO)C(C(=O)Nc4ccccc4Cl)C34CC(C)[C@]2(C)O4)cc1. The minimum atomic E-state index is -1.16. The van der Waals surface area contributed by atoms with E-state index in [1.165, 1.54) is 0 Å². The lowest BCUT2D eigenvalue weighted by atomic mass is 9.62. The van der Waals surface area contributed by atoms with Gasteiger partial charge in [0.05, 0.1) is 34.8 Å². The van der Waals surface area contributed by atoms with E-state index in [2.05, 4.69) is 10.6 Å². The van der Waals surface area contributed by atoms with E-state index in [-0.39, 0.29) is 30.2 Å². The number of fused-ring (bicyclic) bond motifs is 1. The molecule has 3 saturated heterocycles. The first-order valence-electron chi connectivity index (χ1n) is 14.4. The number of nitrogens with zero attached hydrogens (tertiary/aromatic N) is 1. The normalized spacial score (nSPS) is 29.9. The van der Waals surface area contributed by atoms with Crippen molar-refractivity contribution in [3.8, 4) is 5.75 Å². The molecule has 0 radical (unpaired) electrons. The van der Waals surface area contributed by atoms with Gasteiger partial charge in [-0.05, 0) is 81.8 Å². The van der Waals surface area contributed by atoms with Gasteiger partial charge in [0.15, 0.2) is 0 Å². The average molecular weight is 584 g/mol. The van der Waals surface area contributed by atoms with Crippen LogP contribution in [0.2, 0.25) is 5.02 Å². The van der Waals surface area contributed by atoms with Crippen LogP contribution in [0.1, 0.15) is 46.5 Å². The van der Waals surface area contributed by atoms with Gasteiger partial charge in [-0.2, -0.15) is 0 Å². The van der Waals surface area contributed by atoms with Crippen LogP contribution in [0, 0.1) is 17.8 Å². The van der Waals surface area contributed by atoms with E-state index in [0.29, 0.717) is 61.0 Å². The number of amides is 3. The van der Waals surface area contributed by atoms with Gasteiger partial charge in [-0.1, -0.05) is 30.7 Å². The van der Waals surface area contributed by atoms with Crippen LogP contribution in [0.15, 0.2) is 48.5 Å². The Labute approximate surface area is 245 Å². The molecule has 3 unspecified atom stereocenters. The van der Waals surface area contributed by atoms with Crippen molar-refractivity contribution in [3.05, 3.63) is 53.6 Å².